The fraction of sp³-hybridized carbons (Fsp3) is 0.0588. The Labute approximate surface area is 123 Å². The number of aromatic hydroxyl groups is 1. The molecular formula is C17H16N2O2. The first-order valence-electron chi connectivity index (χ1n) is 6.51. The van der Waals surface area contributed by atoms with Gasteiger partial charge in [-0.3, -0.25) is 4.79 Å². The third-order valence-electron chi connectivity index (χ3n) is 2.74. The Kier molecular flexibility index (Phi) is 4.88. The molecule has 0 saturated heterocycles. The third kappa shape index (κ3) is 4.62. The van der Waals surface area contributed by atoms with Gasteiger partial charge in [-0.05, 0) is 36.3 Å². The van der Waals surface area contributed by atoms with E-state index in [4.69, 9.17) is 0 Å². The summed E-state index contributed by atoms with van der Waals surface area (Å²) in [6.07, 6.45) is 3.54. The van der Waals surface area contributed by atoms with Crippen LogP contribution in [0, 0.1) is 0 Å². The molecule has 4 heteroatoms. The van der Waals surface area contributed by atoms with Gasteiger partial charge in [0.15, 0.2) is 0 Å². The fourth-order valence-corrected chi connectivity index (χ4v) is 1.75. The average molecular weight is 280 g/mol. The molecular weight excluding hydrogens is 264 g/mol. The molecule has 1 amide bonds. The highest BCUT2D eigenvalue weighted by Crippen LogP contribution is 2.10. The Bertz CT molecular complexity index is 676. The van der Waals surface area contributed by atoms with Crippen LogP contribution in [0.2, 0.25) is 0 Å². The van der Waals surface area contributed by atoms with Crippen LogP contribution in [0.5, 0.6) is 5.75 Å². The van der Waals surface area contributed by atoms with Gasteiger partial charge < -0.3 is 5.11 Å². The second-order valence-corrected chi connectivity index (χ2v) is 4.55. The molecule has 4 nitrogen and oxygen atoms in total. The Morgan fingerprint density at radius 2 is 1.90 bits per heavy atom. The van der Waals surface area contributed by atoms with E-state index in [1.807, 2.05) is 43.3 Å². The highest BCUT2D eigenvalue weighted by molar-refractivity contribution is 5.95. The second kappa shape index (κ2) is 7.05. The van der Waals surface area contributed by atoms with Crippen LogP contribution in [0.25, 0.3) is 6.08 Å². The van der Waals surface area contributed by atoms with E-state index >= 15 is 0 Å². The van der Waals surface area contributed by atoms with Gasteiger partial charge in [0, 0.05) is 5.56 Å². The Hall–Kier alpha value is -2.88. The Balaban J connectivity index is 1.96. The number of hydrogen-bond donors (Lipinski definition) is 2. The number of hydrogen-bond acceptors (Lipinski definition) is 3. The van der Waals surface area contributed by atoms with E-state index < -0.39 is 0 Å². The summed E-state index contributed by atoms with van der Waals surface area (Å²) in [5.41, 5.74) is 4.76. The molecule has 2 N–H and O–H groups in total. The van der Waals surface area contributed by atoms with Crippen molar-refractivity contribution in [1.82, 2.24) is 5.43 Å². The molecule has 0 unspecified atom stereocenters. The summed E-state index contributed by atoms with van der Waals surface area (Å²) in [6.45, 7) is 1.90. The molecule has 2 rings (SSSR count). The lowest BCUT2D eigenvalue weighted by molar-refractivity contribution is 0.0954. The van der Waals surface area contributed by atoms with E-state index in [2.05, 4.69) is 10.5 Å². The number of nitrogens with one attached hydrogen (secondary N) is 1. The number of phenols is 1. The fourth-order valence-electron chi connectivity index (χ4n) is 1.75. The van der Waals surface area contributed by atoms with E-state index in [1.54, 1.807) is 18.3 Å². The molecule has 0 atom stereocenters. The van der Waals surface area contributed by atoms with Gasteiger partial charge in [0.2, 0.25) is 0 Å². The predicted octanol–water partition coefficient (Wildman–Crippen LogP) is 3.21. The minimum Gasteiger partial charge on any atom is -0.508 e. The summed E-state index contributed by atoms with van der Waals surface area (Å²) in [6, 6.07) is 16.0. The van der Waals surface area contributed by atoms with Crippen LogP contribution in [-0.2, 0) is 0 Å². The lowest BCUT2D eigenvalue weighted by Gasteiger charge is -2.00. The molecule has 0 aromatic heterocycles. The van der Waals surface area contributed by atoms with Crippen molar-refractivity contribution in [3.05, 3.63) is 71.3 Å². The zero-order valence-corrected chi connectivity index (χ0v) is 11.7. The number of hydrazone groups is 1. The SMILES string of the molecule is CC(/C=N/NC(=O)c1cccc(O)c1)=C\c1ccccc1. The maximum atomic E-state index is 11.8. The predicted molar refractivity (Wildman–Crippen MR) is 84.2 cm³/mol. The van der Waals surface area contributed by atoms with Crippen LogP contribution in [0.3, 0.4) is 0 Å². The molecule has 106 valence electrons. The topological polar surface area (TPSA) is 61.7 Å². The number of carbonyl (C=O) groups excluding carboxylic acids is 1. The van der Waals surface area contributed by atoms with Gasteiger partial charge in [0.25, 0.3) is 5.91 Å². The van der Waals surface area contributed by atoms with Crippen LogP contribution in [0.4, 0.5) is 0 Å². The number of rotatable bonds is 4. The van der Waals surface area contributed by atoms with E-state index in [-0.39, 0.29) is 11.7 Å². The monoisotopic (exact) mass is 280 g/mol. The Morgan fingerprint density at radius 3 is 2.62 bits per heavy atom. The van der Waals surface area contributed by atoms with Gasteiger partial charge in [0.05, 0.1) is 6.21 Å². The van der Waals surface area contributed by atoms with Crippen LogP contribution < -0.4 is 5.43 Å². The van der Waals surface area contributed by atoms with Crippen LogP contribution in [0.15, 0.2) is 65.3 Å². The molecule has 0 spiro atoms. The standard InChI is InChI=1S/C17H16N2O2/c1-13(10-14-6-3-2-4-7-14)12-18-19-17(21)15-8-5-9-16(20)11-15/h2-12,20H,1H3,(H,19,21)/b13-10+,18-12+. The summed E-state index contributed by atoms with van der Waals surface area (Å²) < 4.78 is 0. The normalized spacial score (nSPS) is 11.6. The first-order valence-corrected chi connectivity index (χ1v) is 6.51. The number of nitrogens with zero attached hydrogens (tertiary/aromatic N) is 1. The van der Waals surface area contributed by atoms with E-state index in [1.165, 1.54) is 12.1 Å². The van der Waals surface area contributed by atoms with E-state index in [0.717, 1.165) is 11.1 Å². The smallest absolute Gasteiger partial charge is 0.271 e. The largest absolute Gasteiger partial charge is 0.508 e. The molecule has 2 aromatic rings. The first kappa shape index (κ1) is 14.5. The molecule has 0 heterocycles. The summed E-state index contributed by atoms with van der Waals surface area (Å²) in [4.78, 5) is 11.8. The zero-order chi connectivity index (χ0) is 15.1. The van der Waals surface area contributed by atoms with Gasteiger partial charge in [0.1, 0.15) is 5.75 Å². The van der Waals surface area contributed by atoms with Crippen molar-refractivity contribution in [3.8, 4) is 5.75 Å². The summed E-state index contributed by atoms with van der Waals surface area (Å²) in [5, 5.41) is 13.2. The van der Waals surface area contributed by atoms with Crippen LogP contribution in [-0.4, -0.2) is 17.2 Å². The molecule has 0 aliphatic carbocycles. The van der Waals surface area contributed by atoms with E-state index in [9.17, 15) is 9.90 Å². The van der Waals surface area contributed by atoms with Crippen molar-refractivity contribution in [2.45, 2.75) is 6.92 Å². The van der Waals surface area contributed by atoms with Crippen LogP contribution in [0.1, 0.15) is 22.8 Å². The molecule has 0 radical (unpaired) electrons. The van der Waals surface area contributed by atoms with Crippen molar-refractivity contribution in [2.24, 2.45) is 5.10 Å². The molecule has 0 bridgehead atoms. The summed E-state index contributed by atoms with van der Waals surface area (Å²) >= 11 is 0. The van der Waals surface area contributed by atoms with Crippen molar-refractivity contribution in [1.29, 1.82) is 0 Å². The number of amides is 1. The highest BCUT2D eigenvalue weighted by Gasteiger charge is 2.03. The van der Waals surface area contributed by atoms with Crippen LogP contribution >= 0.6 is 0 Å². The molecule has 0 saturated carbocycles. The Morgan fingerprint density at radius 1 is 1.14 bits per heavy atom. The van der Waals surface area contributed by atoms with Crippen molar-refractivity contribution >= 4 is 18.2 Å². The number of carbonyl (C=O) groups is 1. The molecule has 21 heavy (non-hydrogen) atoms. The quantitative estimate of drug-likeness (QED) is 0.667. The zero-order valence-electron chi connectivity index (χ0n) is 11.7. The van der Waals surface area contributed by atoms with Gasteiger partial charge in [-0.25, -0.2) is 5.43 Å². The van der Waals surface area contributed by atoms with Crippen molar-refractivity contribution in [3.63, 3.8) is 0 Å². The maximum absolute atomic E-state index is 11.8. The van der Waals surface area contributed by atoms with E-state index in [0.29, 0.717) is 5.56 Å². The minimum atomic E-state index is -0.366. The van der Waals surface area contributed by atoms with Crippen molar-refractivity contribution < 1.29 is 9.90 Å². The molecule has 0 fully saturated rings. The lowest BCUT2D eigenvalue weighted by Crippen LogP contribution is -2.17. The number of phenolic OH excluding ortho intramolecular Hbond substituents is 1. The molecule has 0 aliphatic rings. The minimum absolute atomic E-state index is 0.0479. The number of allylic oxidation sites excluding steroid dienone is 1. The van der Waals surface area contributed by atoms with Gasteiger partial charge in [-0.2, -0.15) is 5.10 Å². The summed E-state index contributed by atoms with van der Waals surface area (Å²) in [7, 11) is 0. The third-order valence-corrected chi connectivity index (χ3v) is 2.74. The lowest BCUT2D eigenvalue weighted by atomic mass is 10.1. The second-order valence-electron chi connectivity index (χ2n) is 4.55. The van der Waals surface area contributed by atoms with Crippen molar-refractivity contribution in [2.75, 3.05) is 0 Å². The molecule has 2 aromatic carbocycles. The number of benzene rings is 2. The summed E-state index contributed by atoms with van der Waals surface area (Å²) in [5.74, 6) is -0.318. The molecule has 0 aliphatic heterocycles. The maximum Gasteiger partial charge on any atom is 0.271 e. The highest BCUT2D eigenvalue weighted by atomic mass is 16.3. The average Bonchev–Trinajstić information content (AvgIpc) is 2.48. The van der Waals surface area contributed by atoms with Gasteiger partial charge in [-0.1, -0.05) is 42.5 Å². The first-order chi connectivity index (χ1) is 10.1. The van der Waals surface area contributed by atoms with Gasteiger partial charge in [-0.15, -0.1) is 0 Å². The van der Waals surface area contributed by atoms with Gasteiger partial charge >= 0.3 is 0 Å².